The van der Waals surface area contributed by atoms with Gasteiger partial charge >= 0.3 is 5.97 Å². The van der Waals surface area contributed by atoms with Gasteiger partial charge in [-0.15, -0.1) is 23.2 Å². The Hall–Kier alpha value is -1.49. The highest BCUT2D eigenvalue weighted by atomic mass is 35.5. The number of nitrogens with zero attached hydrogens (tertiary/aromatic N) is 2. The van der Waals surface area contributed by atoms with Gasteiger partial charge in [-0.3, -0.25) is 0 Å². The van der Waals surface area contributed by atoms with Crippen molar-refractivity contribution in [3.63, 3.8) is 0 Å². The van der Waals surface area contributed by atoms with Gasteiger partial charge in [-0.05, 0) is 18.6 Å². The maximum Gasteiger partial charge on any atom is 0.335 e. The molecule has 2 heterocycles. The second kappa shape index (κ2) is 10.5. The number of halogens is 3. The minimum atomic E-state index is -1.18. The summed E-state index contributed by atoms with van der Waals surface area (Å²) >= 11 is 11.3. The van der Waals surface area contributed by atoms with Gasteiger partial charge in [0.25, 0.3) is 5.97 Å². The molecule has 0 spiro atoms. The summed E-state index contributed by atoms with van der Waals surface area (Å²) in [5.41, 5.74) is 0.477. The number of methoxy groups -OCH3 is 3. The maximum atomic E-state index is 14.0. The number of carboxylic acids is 1. The topological polar surface area (TPSA) is 92.0 Å². The van der Waals surface area contributed by atoms with Crippen molar-refractivity contribution < 1.29 is 33.2 Å². The molecule has 2 aromatic rings. The van der Waals surface area contributed by atoms with E-state index in [1.54, 1.807) is 4.57 Å². The summed E-state index contributed by atoms with van der Waals surface area (Å²) in [7, 11) is 4.40. The molecule has 1 N–H and O–H groups in total. The van der Waals surface area contributed by atoms with Gasteiger partial charge in [0.2, 0.25) is 0 Å². The van der Waals surface area contributed by atoms with Crippen LogP contribution >= 0.6 is 23.2 Å². The highest BCUT2D eigenvalue weighted by Gasteiger charge is 2.27. The van der Waals surface area contributed by atoms with E-state index in [-0.39, 0.29) is 28.9 Å². The van der Waals surface area contributed by atoms with Crippen LogP contribution in [0.1, 0.15) is 22.6 Å². The monoisotopic (exact) mass is 452 g/mol. The molecule has 29 heavy (non-hydrogen) atoms. The van der Waals surface area contributed by atoms with Gasteiger partial charge in [-0.25, -0.2) is 14.2 Å². The largest absolute Gasteiger partial charge is 0.478 e. The first-order chi connectivity index (χ1) is 13.8. The minimum Gasteiger partial charge on any atom is -0.478 e. The highest BCUT2D eigenvalue weighted by Crippen LogP contribution is 2.25. The number of ether oxygens (including phenoxy) is 4. The number of hydrogen-bond acceptors (Lipinski definition) is 6. The van der Waals surface area contributed by atoms with Crippen LogP contribution in [-0.4, -0.2) is 66.5 Å². The van der Waals surface area contributed by atoms with Gasteiger partial charge < -0.3 is 28.6 Å². The zero-order valence-corrected chi connectivity index (χ0v) is 17.8. The van der Waals surface area contributed by atoms with Crippen molar-refractivity contribution in [1.82, 2.24) is 9.55 Å². The van der Waals surface area contributed by atoms with E-state index in [1.165, 1.54) is 27.4 Å². The van der Waals surface area contributed by atoms with E-state index in [0.29, 0.717) is 24.5 Å². The second-order valence-corrected chi connectivity index (χ2v) is 6.65. The molecule has 0 radical (unpaired) electrons. The SMILES string of the molecule is COC(CCl)(OC)OC.O=C(O)c1cc(F)c2nc(CCl)n(C[C@@H]3CCO3)c2c1. The van der Waals surface area contributed by atoms with E-state index in [9.17, 15) is 9.18 Å². The van der Waals surface area contributed by atoms with E-state index in [4.69, 9.17) is 47.3 Å². The first-order valence-corrected chi connectivity index (χ1v) is 9.72. The highest BCUT2D eigenvalue weighted by molar-refractivity contribution is 6.18. The normalized spacial score (nSPS) is 16.3. The van der Waals surface area contributed by atoms with Gasteiger partial charge in [0.15, 0.2) is 5.82 Å². The third kappa shape index (κ3) is 5.36. The summed E-state index contributed by atoms with van der Waals surface area (Å²) in [6.45, 7) is 1.21. The molecule has 11 heteroatoms. The first-order valence-electron chi connectivity index (χ1n) is 8.65. The second-order valence-electron chi connectivity index (χ2n) is 6.11. The Morgan fingerprint density at radius 3 is 2.34 bits per heavy atom. The lowest BCUT2D eigenvalue weighted by Crippen LogP contribution is -2.37. The minimum absolute atomic E-state index is 0.0471. The van der Waals surface area contributed by atoms with Crippen LogP contribution in [0.3, 0.4) is 0 Å². The summed E-state index contributed by atoms with van der Waals surface area (Å²) in [6.07, 6.45) is 0.966. The predicted octanol–water partition coefficient (Wildman–Crippen LogP) is 3.22. The molecule has 162 valence electrons. The molecule has 0 saturated carbocycles. The van der Waals surface area contributed by atoms with Crippen LogP contribution < -0.4 is 0 Å². The number of benzene rings is 1. The van der Waals surface area contributed by atoms with E-state index < -0.39 is 17.8 Å². The van der Waals surface area contributed by atoms with Crippen molar-refractivity contribution in [1.29, 1.82) is 0 Å². The Labute approximate surface area is 177 Å². The number of carbonyl (C=O) groups is 1. The molecule has 3 rings (SSSR count). The number of aromatic nitrogens is 2. The van der Waals surface area contributed by atoms with Crippen LogP contribution in [0.25, 0.3) is 11.0 Å². The summed E-state index contributed by atoms with van der Waals surface area (Å²) in [4.78, 5) is 15.2. The fourth-order valence-corrected chi connectivity index (χ4v) is 3.24. The van der Waals surface area contributed by atoms with Crippen LogP contribution in [0, 0.1) is 5.82 Å². The molecule has 1 aromatic carbocycles. The van der Waals surface area contributed by atoms with E-state index in [0.717, 1.165) is 12.5 Å². The molecule has 8 nitrogen and oxygen atoms in total. The molecule has 1 aliphatic heterocycles. The standard InChI is InChI=1S/C13H12ClFN2O3.C5H11ClO3/c14-5-11-16-12-9(15)3-7(13(18)19)4-10(12)17(11)6-8-1-2-20-8;1-7-5(4-6,8-2)9-3/h3-4,8H,1-2,5-6H2,(H,18,19);4H2,1-3H3/t8-;/m0./s1. The molecule has 1 saturated heterocycles. The van der Waals surface area contributed by atoms with E-state index >= 15 is 0 Å². The number of hydrogen-bond donors (Lipinski definition) is 1. The molecular weight excluding hydrogens is 430 g/mol. The zero-order valence-electron chi connectivity index (χ0n) is 16.3. The van der Waals surface area contributed by atoms with Crippen molar-refractivity contribution in [2.45, 2.75) is 30.9 Å². The summed E-state index contributed by atoms with van der Waals surface area (Å²) in [6, 6.07) is 2.39. The molecule has 1 aromatic heterocycles. The van der Waals surface area contributed by atoms with Gasteiger partial charge in [-0.2, -0.15) is 0 Å². The zero-order chi connectivity index (χ0) is 21.6. The first kappa shape index (κ1) is 23.8. The molecule has 1 fully saturated rings. The summed E-state index contributed by atoms with van der Waals surface area (Å²) in [5.74, 6) is -2.11. The fraction of sp³-hybridized carbons (Fsp3) is 0.556. The third-order valence-corrected chi connectivity index (χ3v) is 5.10. The van der Waals surface area contributed by atoms with E-state index in [1.807, 2.05) is 0 Å². The number of alkyl halides is 2. The van der Waals surface area contributed by atoms with Crippen LogP contribution in [0.5, 0.6) is 0 Å². The number of fused-ring (bicyclic) bond motifs is 1. The fourth-order valence-electron chi connectivity index (χ4n) is 2.70. The quantitative estimate of drug-likeness (QED) is 0.485. The Kier molecular flexibility index (Phi) is 8.62. The average molecular weight is 453 g/mol. The van der Waals surface area contributed by atoms with Crippen LogP contribution in [0.15, 0.2) is 12.1 Å². The Balaban J connectivity index is 0.000000284. The molecule has 0 bridgehead atoms. The van der Waals surface area contributed by atoms with Crippen LogP contribution in [0.4, 0.5) is 4.39 Å². The third-order valence-electron chi connectivity index (χ3n) is 4.53. The smallest absolute Gasteiger partial charge is 0.335 e. The Bertz CT molecular complexity index is 822. The lowest BCUT2D eigenvalue weighted by molar-refractivity contribution is -0.337. The number of rotatable bonds is 8. The lowest BCUT2D eigenvalue weighted by atomic mass is 10.1. The van der Waals surface area contributed by atoms with Gasteiger partial charge in [0.05, 0.1) is 29.6 Å². The summed E-state index contributed by atoms with van der Waals surface area (Å²) in [5, 5.41) is 9.02. The molecular formula is C18H23Cl2FN2O6. The number of carboxylic acid groups (broad SMARTS) is 1. The Morgan fingerprint density at radius 2 is 1.97 bits per heavy atom. The van der Waals surface area contributed by atoms with E-state index in [2.05, 4.69) is 4.98 Å². The lowest BCUT2D eigenvalue weighted by Gasteiger charge is -2.27. The average Bonchev–Trinajstić information content (AvgIpc) is 3.05. The molecule has 1 atom stereocenters. The molecule has 0 unspecified atom stereocenters. The molecule has 0 aliphatic carbocycles. The number of imidazole rings is 1. The van der Waals surface area contributed by atoms with Gasteiger partial charge in [-0.1, -0.05) is 0 Å². The van der Waals surface area contributed by atoms with Gasteiger partial charge in [0.1, 0.15) is 17.2 Å². The van der Waals surface area contributed by atoms with Crippen molar-refractivity contribution in [3.05, 3.63) is 29.3 Å². The van der Waals surface area contributed by atoms with Gasteiger partial charge in [0, 0.05) is 27.9 Å². The van der Waals surface area contributed by atoms with Crippen molar-refractivity contribution in [2.24, 2.45) is 0 Å². The molecule has 0 amide bonds. The maximum absolute atomic E-state index is 14.0. The van der Waals surface area contributed by atoms with Crippen LogP contribution in [0.2, 0.25) is 0 Å². The predicted molar refractivity (Wildman–Crippen MR) is 105 cm³/mol. The van der Waals surface area contributed by atoms with Crippen molar-refractivity contribution in [2.75, 3.05) is 33.8 Å². The molecule has 1 aliphatic rings. The van der Waals surface area contributed by atoms with Crippen molar-refractivity contribution >= 4 is 40.2 Å². The summed E-state index contributed by atoms with van der Waals surface area (Å²) < 4.78 is 35.5. The van der Waals surface area contributed by atoms with Crippen LogP contribution in [-0.2, 0) is 31.4 Å². The van der Waals surface area contributed by atoms with Crippen molar-refractivity contribution in [3.8, 4) is 0 Å². The Morgan fingerprint density at radius 1 is 1.34 bits per heavy atom. The number of aromatic carboxylic acids is 1.